The summed E-state index contributed by atoms with van der Waals surface area (Å²) in [6.07, 6.45) is -0.816. The second kappa shape index (κ2) is 7.45. The number of aromatic amines is 1. The van der Waals surface area contributed by atoms with Crippen LogP contribution in [-0.4, -0.2) is 44.1 Å². The van der Waals surface area contributed by atoms with Crippen molar-refractivity contribution in [1.29, 1.82) is 0 Å². The van der Waals surface area contributed by atoms with Gasteiger partial charge < -0.3 is 15.6 Å². The number of pyridine rings is 1. The Morgan fingerprint density at radius 2 is 2.07 bits per heavy atom. The summed E-state index contributed by atoms with van der Waals surface area (Å²) in [5, 5.41) is 5.42. The van der Waals surface area contributed by atoms with Gasteiger partial charge in [-0.05, 0) is 31.5 Å². The standard InChI is InChI=1S/C18H19F3N6O/c1-3-17(2,16(28)25-10-18(19,20)21)27-13-6-8-23-15(26-13)12-9-24-14-11(12)5-4-7-22-14/h4-9H,3,10H2,1-2H3,(H,22,24)(H,25,28)(H,23,26,27)/t17-/m1/s1/i3D/t3?,17-. The third-order valence-corrected chi connectivity index (χ3v) is 4.23. The summed E-state index contributed by atoms with van der Waals surface area (Å²) in [4.78, 5) is 28.2. The molecule has 3 aromatic heterocycles. The Labute approximate surface area is 160 Å². The number of aromatic nitrogens is 4. The zero-order valence-corrected chi connectivity index (χ0v) is 15.1. The van der Waals surface area contributed by atoms with Crippen molar-refractivity contribution in [1.82, 2.24) is 25.3 Å². The van der Waals surface area contributed by atoms with Gasteiger partial charge in [-0.25, -0.2) is 15.0 Å². The van der Waals surface area contributed by atoms with E-state index in [1.165, 1.54) is 26.1 Å². The Kier molecular flexibility index (Phi) is 4.84. The lowest BCUT2D eigenvalue weighted by atomic mass is 9.97. The molecule has 3 N–H and O–H groups in total. The SMILES string of the molecule is [2H]C(C)[C@@](C)(Nc1ccnc(-c2c[nH]c3ncccc23)n1)C(=O)NCC(F)(F)F. The number of halogens is 3. The highest BCUT2D eigenvalue weighted by molar-refractivity contribution is 5.92. The van der Waals surface area contributed by atoms with Crippen molar-refractivity contribution < 1.29 is 19.3 Å². The first kappa shape index (κ1) is 18.2. The smallest absolute Gasteiger partial charge is 0.356 e. The van der Waals surface area contributed by atoms with Crippen LogP contribution in [0.5, 0.6) is 0 Å². The molecule has 3 heterocycles. The van der Waals surface area contributed by atoms with Gasteiger partial charge in [0.2, 0.25) is 5.91 Å². The lowest BCUT2D eigenvalue weighted by Crippen LogP contribution is -2.52. The molecule has 2 atom stereocenters. The van der Waals surface area contributed by atoms with Gasteiger partial charge in [0.25, 0.3) is 0 Å². The molecule has 3 rings (SSSR count). The third-order valence-electron chi connectivity index (χ3n) is 4.23. The van der Waals surface area contributed by atoms with E-state index in [4.69, 9.17) is 1.37 Å². The lowest BCUT2D eigenvalue weighted by Gasteiger charge is -2.29. The van der Waals surface area contributed by atoms with Crippen LogP contribution in [0.3, 0.4) is 0 Å². The number of carbonyl (C=O) groups is 1. The molecule has 10 heteroatoms. The number of amides is 1. The molecule has 1 unspecified atom stereocenters. The zero-order valence-electron chi connectivity index (χ0n) is 16.1. The molecular weight excluding hydrogens is 373 g/mol. The Morgan fingerprint density at radius 3 is 2.79 bits per heavy atom. The van der Waals surface area contributed by atoms with Crippen LogP contribution in [0.1, 0.15) is 21.6 Å². The van der Waals surface area contributed by atoms with Gasteiger partial charge in [-0.2, -0.15) is 13.2 Å². The van der Waals surface area contributed by atoms with E-state index in [1.54, 1.807) is 18.5 Å². The number of anilines is 1. The molecule has 7 nitrogen and oxygen atoms in total. The minimum atomic E-state index is -4.55. The predicted octanol–water partition coefficient (Wildman–Crippen LogP) is 3.28. The molecule has 0 aromatic carbocycles. The normalized spacial score (nSPS) is 15.5. The molecule has 0 aliphatic rings. The molecule has 0 bridgehead atoms. The highest BCUT2D eigenvalue weighted by atomic mass is 19.4. The summed E-state index contributed by atoms with van der Waals surface area (Å²) in [6.45, 7) is 1.29. The first-order chi connectivity index (χ1) is 13.6. The molecule has 1 amide bonds. The molecular formula is C18H19F3N6O. The number of hydrogen-bond donors (Lipinski definition) is 3. The van der Waals surface area contributed by atoms with E-state index < -0.39 is 30.6 Å². The van der Waals surface area contributed by atoms with Crippen LogP contribution in [0, 0.1) is 0 Å². The molecule has 3 aromatic rings. The average Bonchev–Trinajstić information content (AvgIpc) is 3.09. The molecule has 0 aliphatic heterocycles. The van der Waals surface area contributed by atoms with Crippen molar-refractivity contribution in [2.75, 3.05) is 11.9 Å². The van der Waals surface area contributed by atoms with E-state index in [-0.39, 0.29) is 5.82 Å². The minimum absolute atomic E-state index is 0.206. The third kappa shape index (κ3) is 4.21. The fourth-order valence-electron chi connectivity index (χ4n) is 2.59. The second-order valence-electron chi connectivity index (χ2n) is 6.28. The van der Waals surface area contributed by atoms with E-state index in [0.717, 1.165) is 5.39 Å². The Balaban J connectivity index is 1.88. The molecule has 28 heavy (non-hydrogen) atoms. The Morgan fingerprint density at radius 1 is 1.29 bits per heavy atom. The largest absolute Gasteiger partial charge is 0.405 e. The Bertz CT molecular complexity index is 1020. The van der Waals surface area contributed by atoms with Crippen LogP contribution in [0.2, 0.25) is 0 Å². The maximum Gasteiger partial charge on any atom is 0.405 e. The molecule has 0 aliphatic carbocycles. The number of carbonyl (C=O) groups excluding carboxylic acids is 1. The first-order valence-electron chi connectivity index (χ1n) is 8.99. The fourth-order valence-corrected chi connectivity index (χ4v) is 2.59. The van der Waals surface area contributed by atoms with E-state index in [0.29, 0.717) is 17.0 Å². The minimum Gasteiger partial charge on any atom is -0.356 e. The van der Waals surface area contributed by atoms with Gasteiger partial charge in [-0.3, -0.25) is 4.79 Å². The van der Waals surface area contributed by atoms with Crippen molar-refractivity contribution in [2.24, 2.45) is 0 Å². The number of fused-ring (bicyclic) bond motifs is 1. The van der Waals surface area contributed by atoms with Crippen molar-refractivity contribution in [3.8, 4) is 11.4 Å². The average molecular weight is 393 g/mol. The van der Waals surface area contributed by atoms with Gasteiger partial charge in [-0.1, -0.05) is 6.92 Å². The van der Waals surface area contributed by atoms with Crippen LogP contribution in [0.15, 0.2) is 36.8 Å². The molecule has 148 valence electrons. The van der Waals surface area contributed by atoms with E-state index in [2.05, 4.69) is 25.3 Å². The highest BCUT2D eigenvalue weighted by Gasteiger charge is 2.35. The number of nitrogens with one attached hydrogen (secondary N) is 3. The zero-order chi connectivity index (χ0) is 21.2. The first-order valence-corrected chi connectivity index (χ1v) is 8.41. The highest BCUT2D eigenvalue weighted by Crippen LogP contribution is 2.26. The van der Waals surface area contributed by atoms with Crippen LogP contribution in [0.4, 0.5) is 19.0 Å². The van der Waals surface area contributed by atoms with Gasteiger partial charge >= 0.3 is 6.18 Å². The molecule has 0 radical (unpaired) electrons. The summed E-state index contributed by atoms with van der Waals surface area (Å²) >= 11 is 0. The molecule has 0 spiro atoms. The number of alkyl halides is 3. The molecule has 0 fully saturated rings. The molecule has 0 saturated carbocycles. The lowest BCUT2D eigenvalue weighted by molar-refractivity contribution is -0.140. The van der Waals surface area contributed by atoms with Gasteiger partial charge in [0.05, 0.1) is 0 Å². The van der Waals surface area contributed by atoms with Gasteiger partial charge in [-0.15, -0.1) is 0 Å². The van der Waals surface area contributed by atoms with Crippen LogP contribution < -0.4 is 10.6 Å². The van der Waals surface area contributed by atoms with E-state index in [1.807, 2.05) is 11.4 Å². The van der Waals surface area contributed by atoms with Crippen LogP contribution in [0.25, 0.3) is 22.4 Å². The van der Waals surface area contributed by atoms with Gasteiger partial charge in [0, 0.05) is 30.9 Å². The quantitative estimate of drug-likeness (QED) is 0.597. The number of rotatable bonds is 6. The van der Waals surface area contributed by atoms with Gasteiger partial charge in [0.15, 0.2) is 5.82 Å². The summed E-state index contributed by atoms with van der Waals surface area (Å²) < 4.78 is 45.4. The van der Waals surface area contributed by atoms with Crippen LogP contribution in [-0.2, 0) is 4.79 Å². The maximum atomic E-state index is 12.5. The van der Waals surface area contributed by atoms with E-state index >= 15 is 0 Å². The monoisotopic (exact) mass is 393 g/mol. The van der Waals surface area contributed by atoms with Crippen LogP contribution >= 0.6 is 0 Å². The fraction of sp³-hybridized carbons (Fsp3) is 0.333. The molecule has 0 saturated heterocycles. The number of H-pyrrole nitrogens is 1. The summed E-state index contributed by atoms with van der Waals surface area (Å²) in [5.74, 6) is -0.407. The van der Waals surface area contributed by atoms with Crippen molar-refractivity contribution in [3.63, 3.8) is 0 Å². The topological polar surface area (TPSA) is 95.6 Å². The van der Waals surface area contributed by atoms with Gasteiger partial charge in [0.1, 0.15) is 23.5 Å². The van der Waals surface area contributed by atoms with E-state index in [9.17, 15) is 18.0 Å². The van der Waals surface area contributed by atoms with Crippen molar-refractivity contribution >= 4 is 22.8 Å². The summed E-state index contributed by atoms with van der Waals surface area (Å²) in [6, 6.07) is 5.10. The summed E-state index contributed by atoms with van der Waals surface area (Å²) in [7, 11) is 0. The number of nitrogens with zero attached hydrogens (tertiary/aromatic N) is 3. The second-order valence-corrected chi connectivity index (χ2v) is 6.28. The number of hydrogen-bond acceptors (Lipinski definition) is 5. The Hall–Kier alpha value is -3.17. The van der Waals surface area contributed by atoms with Crippen molar-refractivity contribution in [3.05, 3.63) is 36.8 Å². The summed E-state index contributed by atoms with van der Waals surface area (Å²) in [5.41, 5.74) is -0.307. The maximum absolute atomic E-state index is 12.5. The predicted molar refractivity (Wildman–Crippen MR) is 98.5 cm³/mol. The van der Waals surface area contributed by atoms with Crippen molar-refractivity contribution in [2.45, 2.75) is 32.0 Å².